The van der Waals surface area contributed by atoms with E-state index in [1.54, 1.807) is 6.92 Å². The van der Waals surface area contributed by atoms with Crippen molar-refractivity contribution in [3.05, 3.63) is 16.0 Å². The number of fused-ring (bicyclic) bond motifs is 1. The van der Waals surface area contributed by atoms with E-state index in [-0.39, 0.29) is 12.5 Å². The van der Waals surface area contributed by atoms with Crippen LogP contribution in [-0.2, 0) is 27.2 Å². The summed E-state index contributed by atoms with van der Waals surface area (Å²) in [5.74, 6) is -2.79. The van der Waals surface area contributed by atoms with E-state index in [0.29, 0.717) is 23.4 Å². The molecule has 1 amide bonds. The summed E-state index contributed by atoms with van der Waals surface area (Å²) in [6, 6.07) is 0. The molecule has 2 aliphatic carbocycles. The summed E-state index contributed by atoms with van der Waals surface area (Å²) >= 11 is 1.46. The molecule has 2 atom stereocenters. The molecule has 0 spiro atoms. The van der Waals surface area contributed by atoms with E-state index in [0.717, 1.165) is 55.4 Å². The summed E-state index contributed by atoms with van der Waals surface area (Å²) in [5, 5.41) is 12.9. The first-order chi connectivity index (χ1) is 13.5. The lowest BCUT2D eigenvalue weighted by Crippen LogP contribution is -2.36. The van der Waals surface area contributed by atoms with E-state index in [1.165, 1.54) is 17.8 Å². The van der Waals surface area contributed by atoms with Crippen molar-refractivity contribution in [1.82, 2.24) is 0 Å². The number of rotatable bonds is 5. The van der Waals surface area contributed by atoms with Crippen molar-refractivity contribution in [2.24, 2.45) is 11.8 Å². The van der Waals surface area contributed by atoms with Crippen LogP contribution in [0.15, 0.2) is 0 Å². The van der Waals surface area contributed by atoms with Crippen molar-refractivity contribution in [3.63, 3.8) is 0 Å². The van der Waals surface area contributed by atoms with Crippen LogP contribution in [0.25, 0.3) is 0 Å². The molecule has 0 saturated heterocycles. The molecule has 0 bridgehead atoms. The third-order valence-electron chi connectivity index (χ3n) is 5.81. The van der Waals surface area contributed by atoms with Crippen LogP contribution in [0.3, 0.4) is 0 Å². The Labute approximate surface area is 169 Å². The lowest BCUT2D eigenvalue weighted by molar-refractivity contribution is -0.147. The Hall–Kier alpha value is -1.89. The first kappa shape index (κ1) is 20.8. The van der Waals surface area contributed by atoms with Gasteiger partial charge in [-0.15, -0.1) is 11.3 Å². The summed E-state index contributed by atoms with van der Waals surface area (Å²) in [6.07, 6.45) is 8.93. The summed E-state index contributed by atoms with van der Waals surface area (Å²) in [4.78, 5) is 38.3. The molecule has 2 aliphatic rings. The van der Waals surface area contributed by atoms with Gasteiger partial charge < -0.3 is 15.2 Å². The van der Waals surface area contributed by atoms with Crippen molar-refractivity contribution in [2.45, 2.75) is 71.1 Å². The van der Waals surface area contributed by atoms with Gasteiger partial charge in [-0.05, 0) is 51.0 Å². The second-order valence-electron chi connectivity index (χ2n) is 7.67. The third kappa shape index (κ3) is 4.57. The summed E-state index contributed by atoms with van der Waals surface area (Å²) < 4.78 is 5.27. The van der Waals surface area contributed by atoms with E-state index in [2.05, 4.69) is 5.32 Å². The SMILES string of the molecule is CCOC(=O)c1c(NC(=O)[C@@H]2CCCC[C@@H]2C(=O)O)sc2c1CCCCCC2. The van der Waals surface area contributed by atoms with Gasteiger partial charge in [-0.2, -0.15) is 0 Å². The summed E-state index contributed by atoms with van der Waals surface area (Å²) in [6.45, 7) is 2.05. The van der Waals surface area contributed by atoms with Crippen LogP contribution in [0.2, 0.25) is 0 Å². The Morgan fingerprint density at radius 2 is 1.71 bits per heavy atom. The van der Waals surface area contributed by atoms with Gasteiger partial charge in [-0.25, -0.2) is 4.79 Å². The maximum absolute atomic E-state index is 12.9. The van der Waals surface area contributed by atoms with Crippen molar-refractivity contribution in [1.29, 1.82) is 0 Å². The molecule has 154 valence electrons. The van der Waals surface area contributed by atoms with Gasteiger partial charge >= 0.3 is 11.9 Å². The van der Waals surface area contributed by atoms with E-state index < -0.39 is 23.8 Å². The van der Waals surface area contributed by atoms with Crippen LogP contribution >= 0.6 is 11.3 Å². The average Bonchev–Trinajstić information content (AvgIpc) is 2.98. The first-order valence-corrected chi connectivity index (χ1v) is 11.2. The molecule has 3 rings (SSSR count). The lowest BCUT2D eigenvalue weighted by atomic mass is 9.78. The van der Waals surface area contributed by atoms with Crippen LogP contribution < -0.4 is 5.32 Å². The first-order valence-electron chi connectivity index (χ1n) is 10.4. The molecule has 6 nitrogen and oxygen atoms in total. The number of nitrogens with one attached hydrogen (secondary N) is 1. The fourth-order valence-corrected chi connectivity index (χ4v) is 5.65. The molecule has 1 aromatic heterocycles. The van der Waals surface area contributed by atoms with Crippen molar-refractivity contribution < 1.29 is 24.2 Å². The number of carbonyl (C=O) groups is 3. The standard InChI is InChI=1S/C21H29NO5S/c1-2-27-21(26)17-15-11-5-3-4-6-12-16(15)28-19(17)22-18(23)13-9-7-8-10-14(13)20(24)25/h13-14H,2-12H2,1H3,(H,22,23)(H,24,25)/t13-,14+/m1/s1. The van der Waals surface area contributed by atoms with E-state index in [9.17, 15) is 19.5 Å². The van der Waals surface area contributed by atoms with Gasteiger partial charge in [-0.3, -0.25) is 9.59 Å². The van der Waals surface area contributed by atoms with E-state index >= 15 is 0 Å². The molecule has 1 fully saturated rings. The van der Waals surface area contributed by atoms with Crippen molar-refractivity contribution in [3.8, 4) is 0 Å². The maximum atomic E-state index is 12.9. The predicted octanol–water partition coefficient (Wildman–Crippen LogP) is 4.41. The Kier molecular flexibility index (Phi) is 7.10. The summed E-state index contributed by atoms with van der Waals surface area (Å²) in [7, 11) is 0. The van der Waals surface area contributed by atoms with Gasteiger partial charge in [0.05, 0.1) is 24.0 Å². The fraction of sp³-hybridized carbons (Fsp3) is 0.667. The second kappa shape index (κ2) is 9.54. The molecular weight excluding hydrogens is 378 g/mol. The topological polar surface area (TPSA) is 92.7 Å². The molecule has 1 aromatic rings. The zero-order valence-electron chi connectivity index (χ0n) is 16.4. The Morgan fingerprint density at radius 3 is 2.39 bits per heavy atom. The number of hydrogen-bond acceptors (Lipinski definition) is 5. The average molecular weight is 408 g/mol. The number of anilines is 1. The highest BCUT2D eigenvalue weighted by Crippen LogP contribution is 2.39. The van der Waals surface area contributed by atoms with Gasteiger partial charge in [0, 0.05) is 4.88 Å². The quantitative estimate of drug-likeness (QED) is 0.705. The molecule has 1 heterocycles. The second-order valence-corrected chi connectivity index (χ2v) is 8.77. The molecule has 0 unspecified atom stereocenters. The Morgan fingerprint density at radius 1 is 1.04 bits per heavy atom. The molecule has 1 saturated carbocycles. The smallest absolute Gasteiger partial charge is 0.341 e. The van der Waals surface area contributed by atoms with Gasteiger partial charge in [0.1, 0.15) is 5.00 Å². The predicted molar refractivity (Wildman–Crippen MR) is 108 cm³/mol. The van der Waals surface area contributed by atoms with E-state index in [4.69, 9.17) is 4.74 Å². The van der Waals surface area contributed by atoms with Crippen LogP contribution in [0.4, 0.5) is 5.00 Å². The molecule has 0 aliphatic heterocycles. The minimum absolute atomic E-state index is 0.278. The van der Waals surface area contributed by atoms with Gasteiger partial charge in [0.2, 0.25) is 5.91 Å². The van der Waals surface area contributed by atoms with Gasteiger partial charge in [-0.1, -0.05) is 25.7 Å². The highest BCUT2D eigenvalue weighted by atomic mass is 32.1. The highest BCUT2D eigenvalue weighted by molar-refractivity contribution is 7.17. The molecular formula is C21H29NO5S. The van der Waals surface area contributed by atoms with Crippen LogP contribution in [0.5, 0.6) is 0 Å². The zero-order valence-corrected chi connectivity index (χ0v) is 17.2. The number of esters is 1. The van der Waals surface area contributed by atoms with Gasteiger partial charge in [0.25, 0.3) is 0 Å². The zero-order chi connectivity index (χ0) is 20.1. The minimum atomic E-state index is -0.913. The number of aryl methyl sites for hydroxylation is 1. The van der Waals surface area contributed by atoms with Crippen molar-refractivity contribution >= 4 is 34.2 Å². The summed E-state index contributed by atoms with van der Waals surface area (Å²) in [5.41, 5.74) is 1.50. The number of ether oxygens (including phenoxy) is 1. The number of hydrogen-bond donors (Lipinski definition) is 2. The Bertz CT molecular complexity index is 741. The fourth-order valence-electron chi connectivity index (χ4n) is 4.37. The van der Waals surface area contributed by atoms with Crippen LogP contribution in [0, 0.1) is 11.8 Å². The minimum Gasteiger partial charge on any atom is -0.481 e. The molecule has 28 heavy (non-hydrogen) atoms. The van der Waals surface area contributed by atoms with Crippen molar-refractivity contribution in [2.75, 3.05) is 11.9 Å². The number of carboxylic acid groups (broad SMARTS) is 1. The third-order valence-corrected chi connectivity index (χ3v) is 7.01. The number of carbonyl (C=O) groups excluding carboxylic acids is 2. The number of aliphatic carboxylic acids is 1. The Balaban J connectivity index is 1.89. The lowest BCUT2D eigenvalue weighted by Gasteiger charge is -2.27. The van der Waals surface area contributed by atoms with Crippen LogP contribution in [0.1, 0.15) is 79.1 Å². The van der Waals surface area contributed by atoms with E-state index in [1.807, 2.05) is 0 Å². The molecule has 0 aromatic carbocycles. The molecule has 7 heteroatoms. The van der Waals surface area contributed by atoms with Crippen LogP contribution in [-0.4, -0.2) is 29.6 Å². The number of thiophene rings is 1. The number of carboxylic acids is 1. The monoisotopic (exact) mass is 407 g/mol. The normalized spacial score (nSPS) is 22.5. The molecule has 2 N–H and O–H groups in total. The largest absolute Gasteiger partial charge is 0.481 e. The molecule has 0 radical (unpaired) electrons. The number of amides is 1. The maximum Gasteiger partial charge on any atom is 0.341 e. The highest BCUT2D eigenvalue weighted by Gasteiger charge is 2.37. The van der Waals surface area contributed by atoms with Gasteiger partial charge in [0.15, 0.2) is 0 Å².